The van der Waals surface area contributed by atoms with Crippen molar-refractivity contribution in [3.05, 3.63) is 65.2 Å². The molecule has 2 aromatic carbocycles. The number of hydrogen-bond donors (Lipinski definition) is 2. The van der Waals surface area contributed by atoms with Gasteiger partial charge in [-0.25, -0.2) is 0 Å². The summed E-state index contributed by atoms with van der Waals surface area (Å²) in [4.78, 5) is 24.0. The number of anilines is 1. The topological polar surface area (TPSA) is 58.2 Å². The molecule has 1 aliphatic rings. The fraction of sp³-hybridized carbons (Fsp3) is 0.263. The molecule has 0 saturated heterocycles. The molecule has 118 valence electrons. The molecule has 3 rings (SSSR count). The van der Waals surface area contributed by atoms with Crippen molar-refractivity contribution in [1.82, 2.24) is 5.32 Å². The zero-order valence-electron chi connectivity index (χ0n) is 13.1. The van der Waals surface area contributed by atoms with Crippen molar-refractivity contribution >= 4 is 17.5 Å². The van der Waals surface area contributed by atoms with Gasteiger partial charge in [-0.15, -0.1) is 0 Å². The zero-order chi connectivity index (χ0) is 16.2. The van der Waals surface area contributed by atoms with Gasteiger partial charge < -0.3 is 10.6 Å². The van der Waals surface area contributed by atoms with E-state index in [4.69, 9.17) is 0 Å². The molecule has 0 radical (unpaired) electrons. The molecule has 1 unspecified atom stereocenters. The van der Waals surface area contributed by atoms with Crippen molar-refractivity contribution in [2.45, 2.75) is 32.2 Å². The molecule has 1 atom stereocenters. The minimum absolute atomic E-state index is 0.0404. The first-order valence-electron chi connectivity index (χ1n) is 7.92. The van der Waals surface area contributed by atoms with Crippen molar-refractivity contribution < 1.29 is 9.59 Å². The van der Waals surface area contributed by atoms with Crippen LogP contribution in [0.5, 0.6) is 0 Å². The fourth-order valence-electron chi connectivity index (χ4n) is 2.82. The van der Waals surface area contributed by atoms with Gasteiger partial charge in [-0.1, -0.05) is 30.3 Å². The normalized spacial score (nSPS) is 15.1. The maximum Gasteiger partial charge on any atom is 0.251 e. The summed E-state index contributed by atoms with van der Waals surface area (Å²) in [5, 5.41) is 5.90. The molecule has 1 heterocycles. The third-order valence-electron chi connectivity index (χ3n) is 4.14. The van der Waals surface area contributed by atoms with Crippen LogP contribution >= 0.6 is 0 Å². The highest BCUT2D eigenvalue weighted by Gasteiger charge is 2.16. The summed E-state index contributed by atoms with van der Waals surface area (Å²) in [6.07, 6.45) is 2.15. The van der Waals surface area contributed by atoms with E-state index >= 15 is 0 Å². The summed E-state index contributed by atoms with van der Waals surface area (Å²) < 4.78 is 0. The Morgan fingerprint density at radius 2 is 1.91 bits per heavy atom. The zero-order valence-corrected chi connectivity index (χ0v) is 13.1. The van der Waals surface area contributed by atoms with Gasteiger partial charge >= 0.3 is 0 Å². The maximum absolute atomic E-state index is 12.5. The van der Waals surface area contributed by atoms with E-state index in [2.05, 4.69) is 10.6 Å². The van der Waals surface area contributed by atoms with E-state index < -0.39 is 0 Å². The van der Waals surface area contributed by atoms with Crippen LogP contribution < -0.4 is 10.6 Å². The molecular formula is C19H20N2O2. The van der Waals surface area contributed by atoms with Crippen molar-refractivity contribution in [2.24, 2.45) is 0 Å². The van der Waals surface area contributed by atoms with Crippen molar-refractivity contribution in [3.8, 4) is 0 Å². The van der Waals surface area contributed by atoms with Crippen LogP contribution in [0.4, 0.5) is 5.69 Å². The second kappa shape index (κ2) is 6.65. The standard InChI is InChI=1S/C19H20N2O2/c1-13(14-6-3-2-4-7-14)20-19(23)16-10-11-17-15(12-16)8-5-9-18(22)21-17/h2-4,6-7,10-13H,5,8-9H2,1H3,(H,20,23)(H,21,22). The number of aryl methyl sites for hydroxylation is 1. The summed E-state index contributed by atoms with van der Waals surface area (Å²) >= 11 is 0. The van der Waals surface area contributed by atoms with E-state index in [-0.39, 0.29) is 17.9 Å². The summed E-state index contributed by atoms with van der Waals surface area (Å²) in [5.41, 5.74) is 3.54. The summed E-state index contributed by atoms with van der Waals surface area (Å²) in [6.45, 7) is 1.97. The lowest BCUT2D eigenvalue weighted by molar-refractivity contribution is -0.116. The Kier molecular flexibility index (Phi) is 4.42. The minimum atomic E-state index is -0.0975. The molecule has 0 aliphatic carbocycles. The number of rotatable bonds is 3. The summed E-state index contributed by atoms with van der Waals surface area (Å²) in [5.74, 6) is -0.0571. The van der Waals surface area contributed by atoms with E-state index in [1.807, 2.05) is 49.4 Å². The minimum Gasteiger partial charge on any atom is -0.346 e. The first-order valence-corrected chi connectivity index (χ1v) is 7.92. The fourth-order valence-corrected chi connectivity index (χ4v) is 2.82. The van der Waals surface area contributed by atoms with Gasteiger partial charge in [-0.2, -0.15) is 0 Å². The predicted molar refractivity (Wildman–Crippen MR) is 90.3 cm³/mol. The highest BCUT2D eigenvalue weighted by atomic mass is 16.2. The van der Waals surface area contributed by atoms with Gasteiger partial charge in [0.2, 0.25) is 5.91 Å². The summed E-state index contributed by atoms with van der Waals surface area (Å²) in [6, 6.07) is 15.3. The number of hydrogen-bond acceptors (Lipinski definition) is 2. The third-order valence-corrected chi connectivity index (χ3v) is 4.14. The quantitative estimate of drug-likeness (QED) is 0.912. The number of benzene rings is 2. The number of carbonyl (C=O) groups excluding carboxylic acids is 2. The Morgan fingerprint density at radius 3 is 2.70 bits per heavy atom. The molecule has 4 nitrogen and oxygen atoms in total. The predicted octanol–water partition coefficient (Wildman–Crippen LogP) is 3.45. The highest BCUT2D eigenvalue weighted by Crippen LogP contribution is 2.23. The molecule has 2 N–H and O–H groups in total. The molecule has 2 amide bonds. The van der Waals surface area contributed by atoms with E-state index in [1.54, 1.807) is 6.07 Å². The smallest absolute Gasteiger partial charge is 0.251 e. The Labute approximate surface area is 135 Å². The molecule has 0 aromatic heterocycles. The average molecular weight is 308 g/mol. The Morgan fingerprint density at radius 1 is 1.13 bits per heavy atom. The van der Waals surface area contributed by atoms with Crippen LogP contribution in [0, 0.1) is 0 Å². The monoisotopic (exact) mass is 308 g/mol. The number of carbonyl (C=O) groups is 2. The van der Waals surface area contributed by atoms with Crippen LogP contribution in [0.3, 0.4) is 0 Å². The number of amides is 2. The molecule has 1 aliphatic heterocycles. The van der Waals surface area contributed by atoms with Gasteiger partial charge in [0.25, 0.3) is 5.91 Å². The maximum atomic E-state index is 12.5. The average Bonchev–Trinajstić information content (AvgIpc) is 2.75. The van der Waals surface area contributed by atoms with Crippen molar-refractivity contribution in [2.75, 3.05) is 5.32 Å². The Bertz CT molecular complexity index is 725. The van der Waals surface area contributed by atoms with Crippen LogP contribution in [0.25, 0.3) is 0 Å². The summed E-state index contributed by atoms with van der Waals surface area (Å²) in [7, 11) is 0. The second-order valence-corrected chi connectivity index (χ2v) is 5.88. The van der Waals surface area contributed by atoms with E-state index in [1.165, 1.54) is 0 Å². The first-order chi connectivity index (χ1) is 11.1. The molecule has 4 heteroatoms. The molecule has 2 aromatic rings. The van der Waals surface area contributed by atoms with Crippen molar-refractivity contribution in [3.63, 3.8) is 0 Å². The van der Waals surface area contributed by atoms with Crippen LogP contribution in [0.1, 0.15) is 47.3 Å². The first kappa shape index (κ1) is 15.3. The molecule has 0 spiro atoms. The van der Waals surface area contributed by atoms with E-state index in [0.717, 1.165) is 29.7 Å². The van der Waals surface area contributed by atoms with Gasteiger partial charge in [0.1, 0.15) is 0 Å². The number of nitrogens with one attached hydrogen (secondary N) is 2. The van der Waals surface area contributed by atoms with Crippen LogP contribution in [-0.2, 0) is 11.2 Å². The van der Waals surface area contributed by atoms with Gasteiger partial charge in [0.05, 0.1) is 6.04 Å². The Balaban J connectivity index is 1.75. The van der Waals surface area contributed by atoms with Gasteiger partial charge in [-0.3, -0.25) is 9.59 Å². The molecule has 0 saturated carbocycles. The highest BCUT2D eigenvalue weighted by molar-refractivity contribution is 5.97. The number of fused-ring (bicyclic) bond motifs is 1. The van der Waals surface area contributed by atoms with Crippen LogP contribution in [0.2, 0.25) is 0 Å². The SMILES string of the molecule is CC(NC(=O)c1ccc2c(c1)CCCC(=O)N2)c1ccccc1. The molecular weight excluding hydrogens is 288 g/mol. The molecule has 23 heavy (non-hydrogen) atoms. The largest absolute Gasteiger partial charge is 0.346 e. The van der Waals surface area contributed by atoms with Crippen LogP contribution in [0.15, 0.2) is 48.5 Å². The molecule has 0 fully saturated rings. The lowest BCUT2D eigenvalue weighted by atomic mass is 10.0. The molecule has 0 bridgehead atoms. The van der Waals surface area contributed by atoms with Crippen molar-refractivity contribution in [1.29, 1.82) is 0 Å². The third kappa shape index (κ3) is 3.59. The van der Waals surface area contributed by atoms with E-state index in [9.17, 15) is 9.59 Å². The lowest BCUT2D eigenvalue weighted by Gasteiger charge is -2.15. The van der Waals surface area contributed by atoms with Gasteiger partial charge in [0, 0.05) is 17.7 Å². The van der Waals surface area contributed by atoms with Gasteiger partial charge in [-0.05, 0) is 49.1 Å². The lowest BCUT2D eigenvalue weighted by Crippen LogP contribution is -2.26. The van der Waals surface area contributed by atoms with E-state index in [0.29, 0.717) is 12.0 Å². The second-order valence-electron chi connectivity index (χ2n) is 5.88. The Hall–Kier alpha value is -2.62. The van der Waals surface area contributed by atoms with Gasteiger partial charge in [0.15, 0.2) is 0 Å². The van der Waals surface area contributed by atoms with Crippen LogP contribution in [-0.4, -0.2) is 11.8 Å².